The van der Waals surface area contributed by atoms with E-state index in [1.807, 2.05) is 0 Å². The molecule has 0 aromatic heterocycles. The van der Waals surface area contributed by atoms with Crippen molar-refractivity contribution < 1.29 is 13.2 Å². The molecule has 1 saturated carbocycles. The fraction of sp³-hybridized carbons (Fsp3) is 1.00. The lowest BCUT2D eigenvalue weighted by Crippen LogP contribution is -2.42. The lowest BCUT2D eigenvalue weighted by atomic mass is 10.0. The van der Waals surface area contributed by atoms with Crippen LogP contribution in [0.15, 0.2) is 0 Å². The molecule has 2 aliphatic rings. The predicted molar refractivity (Wildman–Crippen MR) is 75.5 cm³/mol. The first-order valence-corrected chi connectivity index (χ1v) is 8.91. The summed E-state index contributed by atoms with van der Waals surface area (Å²) in [6.07, 6.45) is 4.47. The zero-order valence-corrected chi connectivity index (χ0v) is 12.7. The maximum Gasteiger partial charge on any atom is 0.215 e. The minimum Gasteiger partial charge on any atom is -0.378 e. The predicted octanol–water partition coefficient (Wildman–Crippen LogP) is 0.861. The third-order valence-corrected chi connectivity index (χ3v) is 5.89. The van der Waals surface area contributed by atoms with Gasteiger partial charge in [-0.2, -0.15) is 0 Å². The van der Waals surface area contributed by atoms with Gasteiger partial charge < -0.3 is 10.1 Å². The molecule has 0 amide bonds. The van der Waals surface area contributed by atoms with Crippen molar-refractivity contribution >= 4 is 10.0 Å². The van der Waals surface area contributed by atoms with E-state index in [2.05, 4.69) is 17.0 Å². The van der Waals surface area contributed by atoms with Crippen LogP contribution in [0.5, 0.6) is 0 Å². The van der Waals surface area contributed by atoms with Crippen LogP contribution in [0.3, 0.4) is 0 Å². The Bertz CT molecular complexity index is 381. The molecule has 0 aromatic carbocycles. The number of hydrogen-bond donors (Lipinski definition) is 2. The van der Waals surface area contributed by atoms with Gasteiger partial charge in [-0.1, -0.05) is 6.92 Å². The molecular weight excluding hydrogens is 264 g/mol. The van der Waals surface area contributed by atoms with Gasteiger partial charge in [0.05, 0.1) is 11.4 Å². The molecule has 2 rings (SSSR count). The van der Waals surface area contributed by atoms with Crippen LogP contribution in [-0.2, 0) is 14.8 Å². The van der Waals surface area contributed by atoms with Gasteiger partial charge in [-0.15, -0.1) is 0 Å². The smallest absolute Gasteiger partial charge is 0.215 e. The maximum absolute atomic E-state index is 12.1. The van der Waals surface area contributed by atoms with Crippen LogP contribution >= 0.6 is 0 Å². The van der Waals surface area contributed by atoms with Gasteiger partial charge >= 0.3 is 0 Å². The van der Waals surface area contributed by atoms with Crippen molar-refractivity contribution in [1.82, 2.24) is 10.0 Å². The van der Waals surface area contributed by atoms with Crippen LogP contribution in [0.1, 0.15) is 39.5 Å². The molecular formula is C13H26N2O3S. The van der Waals surface area contributed by atoms with E-state index in [4.69, 9.17) is 4.74 Å². The molecule has 6 heteroatoms. The molecule has 3 unspecified atom stereocenters. The molecule has 2 fully saturated rings. The summed E-state index contributed by atoms with van der Waals surface area (Å²) in [7, 11) is -3.22. The molecule has 2 N–H and O–H groups in total. The van der Waals surface area contributed by atoms with Crippen molar-refractivity contribution in [3.05, 3.63) is 0 Å². The summed E-state index contributed by atoms with van der Waals surface area (Å²) in [5.74, 6) is 0.323. The topological polar surface area (TPSA) is 67.4 Å². The van der Waals surface area contributed by atoms with E-state index >= 15 is 0 Å². The highest BCUT2D eigenvalue weighted by atomic mass is 32.2. The van der Waals surface area contributed by atoms with E-state index in [0.717, 1.165) is 19.4 Å². The van der Waals surface area contributed by atoms with Crippen LogP contribution in [0.25, 0.3) is 0 Å². The maximum atomic E-state index is 12.1. The zero-order chi connectivity index (χ0) is 13.9. The van der Waals surface area contributed by atoms with E-state index in [0.29, 0.717) is 25.0 Å². The van der Waals surface area contributed by atoms with Gasteiger partial charge in [-0.3, -0.25) is 0 Å². The van der Waals surface area contributed by atoms with Crippen LogP contribution in [0, 0.1) is 5.92 Å². The highest BCUT2D eigenvalue weighted by Crippen LogP contribution is 2.23. The summed E-state index contributed by atoms with van der Waals surface area (Å²) in [6.45, 7) is 5.65. The molecule has 3 atom stereocenters. The first-order chi connectivity index (χ1) is 9.03. The van der Waals surface area contributed by atoms with Crippen molar-refractivity contribution in [2.75, 3.05) is 19.7 Å². The molecule has 1 aliphatic carbocycles. The molecule has 0 aromatic rings. The lowest BCUT2D eigenvalue weighted by molar-refractivity contribution is 0.0884. The van der Waals surface area contributed by atoms with Gasteiger partial charge in [-0.25, -0.2) is 13.1 Å². The number of nitrogens with one attached hydrogen (secondary N) is 2. The van der Waals surface area contributed by atoms with E-state index in [9.17, 15) is 8.42 Å². The second-order valence-electron chi connectivity index (χ2n) is 5.75. The van der Waals surface area contributed by atoms with Crippen molar-refractivity contribution in [3.63, 3.8) is 0 Å². The van der Waals surface area contributed by atoms with Gasteiger partial charge in [-0.05, 0) is 32.6 Å². The normalized spacial score (nSPS) is 29.6. The van der Waals surface area contributed by atoms with Gasteiger partial charge in [0, 0.05) is 31.7 Å². The van der Waals surface area contributed by atoms with Gasteiger partial charge in [0.1, 0.15) is 0 Å². The summed E-state index contributed by atoms with van der Waals surface area (Å²) in [4.78, 5) is 0. The second-order valence-corrected chi connectivity index (χ2v) is 7.94. The molecule has 112 valence electrons. The van der Waals surface area contributed by atoms with E-state index in [1.165, 1.54) is 12.8 Å². The van der Waals surface area contributed by atoms with Gasteiger partial charge in [0.15, 0.2) is 0 Å². The summed E-state index contributed by atoms with van der Waals surface area (Å²) in [5, 5.41) is 2.89. The van der Waals surface area contributed by atoms with Gasteiger partial charge in [0.25, 0.3) is 0 Å². The van der Waals surface area contributed by atoms with Crippen molar-refractivity contribution in [2.24, 2.45) is 5.92 Å². The fourth-order valence-corrected chi connectivity index (χ4v) is 3.52. The summed E-state index contributed by atoms with van der Waals surface area (Å²) < 4.78 is 32.6. The first-order valence-electron chi connectivity index (χ1n) is 7.36. The van der Waals surface area contributed by atoms with Gasteiger partial charge in [0.2, 0.25) is 10.0 Å². The fourth-order valence-electron chi connectivity index (χ4n) is 2.47. The standard InChI is InChI=1S/C13H26N2O3S/c1-3-13-11(6-7-18-13)9-15-19(16,17)10(2)8-14-12-4-5-12/h10-15H,3-9H2,1-2H3. The number of ether oxygens (including phenoxy) is 1. The Kier molecular flexibility index (Phi) is 5.22. The third kappa shape index (κ3) is 4.41. The monoisotopic (exact) mass is 290 g/mol. The summed E-state index contributed by atoms with van der Waals surface area (Å²) >= 11 is 0. The van der Waals surface area contributed by atoms with Crippen molar-refractivity contribution in [3.8, 4) is 0 Å². The molecule has 1 heterocycles. The van der Waals surface area contributed by atoms with Crippen LogP contribution in [-0.4, -0.2) is 45.5 Å². The summed E-state index contributed by atoms with van der Waals surface area (Å²) in [5.41, 5.74) is 0. The zero-order valence-electron chi connectivity index (χ0n) is 11.9. The Morgan fingerprint density at radius 3 is 2.68 bits per heavy atom. The molecule has 0 radical (unpaired) electrons. The highest BCUT2D eigenvalue weighted by molar-refractivity contribution is 7.90. The quantitative estimate of drug-likeness (QED) is 0.696. The van der Waals surface area contributed by atoms with Crippen molar-refractivity contribution in [2.45, 2.75) is 56.9 Å². The Morgan fingerprint density at radius 1 is 1.32 bits per heavy atom. The largest absolute Gasteiger partial charge is 0.378 e. The number of rotatable bonds is 8. The van der Waals surface area contributed by atoms with E-state index < -0.39 is 10.0 Å². The lowest BCUT2D eigenvalue weighted by Gasteiger charge is -2.19. The van der Waals surface area contributed by atoms with Crippen LogP contribution in [0.2, 0.25) is 0 Å². The molecule has 1 saturated heterocycles. The number of hydrogen-bond acceptors (Lipinski definition) is 4. The summed E-state index contributed by atoms with van der Waals surface area (Å²) in [6, 6.07) is 0.547. The van der Waals surface area contributed by atoms with Crippen molar-refractivity contribution in [1.29, 1.82) is 0 Å². The Morgan fingerprint density at radius 2 is 2.05 bits per heavy atom. The first kappa shape index (κ1) is 15.2. The molecule has 0 spiro atoms. The van der Waals surface area contributed by atoms with Crippen LogP contribution < -0.4 is 10.0 Å². The average molecular weight is 290 g/mol. The second kappa shape index (κ2) is 6.52. The molecule has 0 bridgehead atoms. The van der Waals surface area contributed by atoms with E-state index in [-0.39, 0.29) is 11.4 Å². The minimum atomic E-state index is -3.22. The third-order valence-electron chi connectivity index (χ3n) is 4.10. The average Bonchev–Trinajstić information content (AvgIpc) is 3.10. The van der Waals surface area contributed by atoms with Crippen LogP contribution in [0.4, 0.5) is 0 Å². The Hall–Kier alpha value is -0.170. The number of sulfonamides is 1. The molecule has 5 nitrogen and oxygen atoms in total. The molecule has 1 aliphatic heterocycles. The Balaban J connectivity index is 1.75. The molecule has 19 heavy (non-hydrogen) atoms. The minimum absolute atomic E-state index is 0.211. The SMILES string of the molecule is CCC1OCCC1CNS(=O)(=O)C(C)CNC1CC1. The Labute approximate surface area is 116 Å². The highest BCUT2D eigenvalue weighted by Gasteiger charge is 2.30. The van der Waals surface area contributed by atoms with E-state index in [1.54, 1.807) is 6.92 Å².